The van der Waals surface area contributed by atoms with Gasteiger partial charge in [0.2, 0.25) is 5.89 Å². The highest BCUT2D eigenvalue weighted by atomic mass is 16.5. The molecule has 1 atom stereocenters. The lowest BCUT2D eigenvalue weighted by atomic mass is 10.1. The fourth-order valence-corrected chi connectivity index (χ4v) is 1.80. The van der Waals surface area contributed by atoms with Crippen LogP contribution in [0.5, 0.6) is 0 Å². The van der Waals surface area contributed by atoms with E-state index in [1.807, 2.05) is 24.3 Å². The summed E-state index contributed by atoms with van der Waals surface area (Å²) < 4.78 is 5.04. The molecule has 0 aliphatic carbocycles. The Labute approximate surface area is 112 Å². The van der Waals surface area contributed by atoms with Crippen LogP contribution >= 0.6 is 0 Å². The van der Waals surface area contributed by atoms with Crippen LogP contribution < -0.4 is 5.32 Å². The van der Waals surface area contributed by atoms with E-state index in [0.717, 1.165) is 12.1 Å². The van der Waals surface area contributed by atoms with Crippen molar-refractivity contribution in [3.8, 4) is 6.07 Å². The molecule has 2 rings (SSSR count). The van der Waals surface area contributed by atoms with Gasteiger partial charge in [-0.25, -0.2) is 0 Å². The van der Waals surface area contributed by atoms with Crippen LogP contribution in [0, 0.1) is 18.3 Å². The topological polar surface area (TPSA) is 74.7 Å². The SMILES string of the molecule is Cc1noc(CCNC(C)c2ccc(C#N)cc2)n1. The molecule has 98 valence electrons. The number of nitriles is 1. The maximum Gasteiger partial charge on any atom is 0.227 e. The summed E-state index contributed by atoms with van der Waals surface area (Å²) in [6, 6.07) is 9.92. The number of hydrogen-bond acceptors (Lipinski definition) is 5. The van der Waals surface area contributed by atoms with Crippen molar-refractivity contribution in [1.82, 2.24) is 15.5 Å². The third kappa shape index (κ3) is 3.63. The van der Waals surface area contributed by atoms with E-state index in [4.69, 9.17) is 9.78 Å². The van der Waals surface area contributed by atoms with E-state index < -0.39 is 0 Å². The molecule has 5 heteroatoms. The molecule has 0 fully saturated rings. The van der Waals surface area contributed by atoms with Crippen molar-refractivity contribution in [2.45, 2.75) is 26.3 Å². The fraction of sp³-hybridized carbons (Fsp3) is 0.357. The molecule has 0 aliphatic heterocycles. The average Bonchev–Trinajstić information content (AvgIpc) is 2.84. The van der Waals surface area contributed by atoms with Crippen molar-refractivity contribution < 1.29 is 4.52 Å². The molecular formula is C14H16N4O. The van der Waals surface area contributed by atoms with E-state index >= 15 is 0 Å². The number of aromatic nitrogens is 2. The summed E-state index contributed by atoms with van der Waals surface area (Å²) in [5.41, 5.74) is 1.83. The smallest absolute Gasteiger partial charge is 0.227 e. The third-order valence-corrected chi connectivity index (χ3v) is 2.90. The normalized spacial score (nSPS) is 12.1. The monoisotopic (exact) mass is 256 g/mol. The molecule has 5 nitrogen and oxygen atoms in total. The fourth-order valence-electron chi connectivity index (χ4n) is 1.80. The van der Waals surface area contributed by atoms with Crippen molar-refractivity contribution in [3.05, 3.63) is 47.1 Å². The molecular weight excluding hydrogens is 240 g/mol. The molecule has 1 unspecified atom stereocenters. The molecule has 1 aromatic heterocycles. The van der Waals surface area contributed by atoms with Gasteiger partial charge in [0.15, 0.2) is 5.82 Å². The minimum atomic E-state index is 0.219. The van der Waals surface area contributed by atoms with Gasteiger partial charge < -0.3 is 9.84 Å². The van der Waals surface area contributed by atoms with E-state index in [-0.39, 0.29) is 6.04 Å². The van der Waals surface area contributed by atoms with E-state index in [2.05, 4.69) is 28.5 Å². The Kier molecular flexibility index (Phi) is 4.26. The van der Waals surface area contributed by atoms with Gasteiger partial charge in [0.05, 0.1) is 11.6 Å². The van der Waals surface area contributed by atoms with Crippen LogP contribution in [-0.2, 0) is 6.42 Å². The van der Waals surface area contributed by atoms with Gasteiger partial charge in [0, 0.05) is 19.0 Å². The molecule has 0 bridgehead atoms. The zero-order chi connectivity index (χ0) is 13.7. The number of rotatable bonds is 5. The molecule has 0 amide bonds. The zero-order valence-electron chi connectivity index (χ0n) is 11.1. The molecule has 1 heterocycles. The molecule has 0 radical (unpaired) electrons. The van der Waals surface area contributed by atoms with Crippen molar-refractivity contribution >= 4 is 0 Å². The predicted octanol–water partition coefficient (Wildman–Crippen LogP) is 2.14. The Balaban J connectivity index is 1.83. The van der Waals surface area contributed by atoms with E-state index in [9.17, 15) is 0 Å². The summed E-state index contributed by atoms with van der Waals surface area (Å²) in [5, 5.41) is 15.9. The molecule has 0 aliphatic rings. The summed E-state index contributed by atoms with van der Waals surface area (Å²) in [5.74, 6) is 1.31. The Morgan fingerprint density at radius 1 is 1.37 bits per heavy atom. The van der Waals surface area contributed by atoms with Gasteiger partial charge in [-0.3, -0.25) is 0 Å². The standard InChI is InChI=1S/C14H16N4O/c1-10(13-5-3-12(9-15)4-6-13)16-8-7-14-17-11(2)18-19-14/h3-6,10,16H,7-8H2,1-2H3. The Morgan fingerprint density at radius 3 is 2.68 bits per heavy atom. The molecule has 2 aromatic rings. The predicted molar refractivity (Wildman–Crippen MR) is 70.3 cm³/mol. The minimum absolute atomic E-state index is 0.219. The van der Waals surface area contributed by atoms with Gasteiger partial charge in [-0.1, -0.05) is 17.3 Å². The van der Waals surface area contributed by atoms with Crippen LogP contribution in [0.2, 0.25) is 0 Å². The summed E-state index contributed by atoms with van der Waals surface area (Å²) >= 11 is 0. The lowest BCUT2D eigenvalue weighted by Crippen LogP contribution is -2.21. The zero-order valence-corrected chi connectivity index (χ0v) is 11.1. The first kappa shape index (κ1) is 13.2. The van der Waals surface area contributed by atoms with E-state index in [1.165, 1.54) is 0 Å². The minimum Gasteiger partial charge on any atom is -0.339 e. The van der Waals surface area contributed by atoms with Crippen LogP contribution in [0.25, 0.3) is 0 Å². The van der Waals surface area contributed by atoms with Crippen molar-refractivity contribution in [1.29, 1.82) is 5.26 Å². The number of hydrogen-bond donors (Lipinski definition) is 1. The van der Waals surface area contributed by atoms with Gasteiger partial charge in [0.1, 0.15) is 0 Å². The van der Waals surface area contributed by atoms with Crippen LogP contribution in [0.1, 0.15) is 35.8 Å². The summed E-state index contributed by atoms with van der Waals surface area (Å²) in [6.45, 7) is 4.66. The van der Waals surface area contributed by atoms with E-state index in [1.54, 1.807) is 6.92 Å². The van der Waals surface area contributed by atoms with Crippen LogP contribution in [0.3, 0.4) is 0 Å². The molecule has 0 saturated heterocycles. The van der Waals surface area contributed by atoms with Gasteiger partial charge in [-0.05, 0) is 31.5 Å². The van der Waals surface area contributed by atoms with Gasteiger partial charge in [0.25, 0.3) is 0 Å². The molecule has 0 spiro atoms. The largest absolute Gasteiger partial charge is 0.339 e. The maximum absolute atomic E-state index is 8.75. The summed E-state index contributed by atoms with van der Waals surface area (Å²) in [6.07, 6.45) is 0.710. The highest BCUT2D eigenvalue weighted by Crippen LogP contribution is 2.12. The average molecular weight is 256 g/mol. The first-order chi connectivity index (χ1) is 9.19. The second kappa shape index (κ2) is 6.12. The lowest BCUT2D eigenvalue weighted by molar-refractivity contribution is 0.370. The van der Waals surface area contributed by atoms with E-state index in [0.29, 0.717) is 23.7 Å². The van der Waals surface area contributed by atoms with Gasteiger partial charge in [-0.2, -0.15) is 10.2 Å². The summed E-state index contributed by atoms with van der Waals surface area (Å²) in [4.78, 5) is 4.15. The summed E-state index contributed by atoms with van der Waals surface area (Å²) in [7, 11) is 0. The first-order valence-corrected chi connectivity index (χ1v) is 6.21. The van der Waals surface area contributed by atoms with Crippen LogP contribution in [-0.4, -0.2) is 16.7 Å². The lowest BCUT2D eigenvalue weighted by Gasteiger charge is -2.13. The number of aryl methyl sites for hydroxylation is 1. The third-order valence-electron chi connectivity index (χ3n) is 2.90. The highest BCUT2D eigenvalue weighted by Gasteiger charge is 2.06. The van der Waals surface area contributed by atoms with Crippen molar-refractivity contribution in [2.24, 2.45) is 0 Å². The number of benzene rings is 1. The van der Waals surface area contributed by atoms with Crippen molar-refractivity contribution in [3.63, 3.8) is 0 Å². The van der Waals surface area contributed by atoms with Gasteiger partial charge >= 0.3 is 0 Å². The quantitative estimate of drug-likeness (QED) is 0.887. The number of nitrogens with zero attached hydrogens (tertiary/aromatic N) is 3. The Morgan fingerprint density at radius 2 is 2.11 bits per heavy atom. The molecule has 19 heavy (non-hydrogen) atoms. The van der Waals surface area contributed by atoms with Crippen molar-refractivity contribution in [2.75, 3.05) is 6.54 Å². The second-order valence-corrected chi connectivity index (χ2v) is 4.39. The Bertz CT molecular complexity index is 568. The molecule has 1 N–H and O–H groups in total. The number of nitrogens with one attached hydrogen (secondary N) is 1. The molecule has 1 aromatic carbocycles. The Hall–Kier alpha value is -2.19. The van der Waals surface area contributed by atoms with Gasteiger partial charge in [-0.15, -0.1) is 0 Å². The second-order valence-electron chi connectivity index (χ2n) is 4.39. The van der Waals surface area contributed by atoms with Crippen LogP contribution in [0.4, 0.5) is 0 Å². The molecule has 0 saturated carbocycles. The van der Waals surface area contributed by atoms with Crippen LogP contribution in [0.15, 0.2) is 28.8 Å². The maximum atomic E-state index is 8.75. The first-order valence-electron chi connectivity index (χ1n) is 6.21. The highest BCUT2D eigenvalue weighted by molar-refractivity contribution is 5.32.